The third-order valence-electron chi connectivity index (χ3n) is 4.63. The van der Waals surface area contributed by atoms with Gasteiger partial charge in [-0.25, -0.2) is 0 Å². The van der Waals surface area contributed by atoms with Gasteiger partial charge in [-0.2, -0.15) is 0 Å². The molecule has 0 aromatic heterocycles. The van der Waals surface area contributed by atoms with Crippen LogP contribution in [0.25, 0.3) is 0 Å². The minimum Gasteiger partial charge on any atom is -0.345 e. The quantitative estimate of drug-likeness (QED) is 0.817. The number of halogens is 1. The Kier molecular flexibility index (Phi) is 4.98. The van der Waals surface area contributed by atoms with Crippen molar-refractivity contribution in [1.82, 2.24) is 5.32 Å². The van der Waals surface area contributed by atoms with Crippen molar-refractivity contribution in [1.29, 1.82) is 0 Å². The van der Waals surface area contributed by atoms with E-state index in [1.165, 1.54) is 12.0 Å². The van der Waals surface area contributed by atoms with Crippen molar-refractivity contribution in [2.45, 2.75) is 58.9 Å². The molecule has 1 aliphatic rings. The van der Waals surface area contributed by atoms with Gasteiger partial charge >= 0.3 is 0 Å². The normalized spacial score (nSPS) is 25.7. The van der Waals surface area contributed by atoms with Gasteiger partial charge in [-0.1, -0.05) is 37.5 Å². The van der Waals surface area contributed by atoms with Crippen LogP contribution in [-0.2, 0) is 0 Å². The van der Waals surface area contributed by atoms with Gasteiger partial charge in [0.15, 0.2) is 0 Å². The van der Waals surface area contributed by atoms with Crippen LogP contribution in [0, 0.1) is 26.7 Å². The molecule has 21 heavy (non-hydrogen) atoms. The Morgan fingerprint density at radius 3 is 2.48 bits per heavy atom. The van der Waals surface area contributed by atoms with Crippen molar-refractivity contribution in [2.75, 3.05) is 5.88 Å². The summed E-state index contributed by atoms with van der Waals surface area (Å²) in [5.41, 5.74) is 3.85. The fraction of sp³-hybridized carbons (Fsp3) is 0.611. The molecule has 2 rings (SSSR count). The summed E-state index contributed by atoms with van der Waals surface area (Å²) in [5, 5.41) is 3.26. The molecule has 0 saturated heterocycles. The van der Waals surface area contributed by atoms with Gasteiger partial charge in [-0.05, 0) is 50.7 Å². The molecule has 0 aliphatic heterocycles. The summed E-state index contributed by atoms with van der Waals surface area (Å²) in [7, 11) is 0. The van der Waals surface area contributed by atoms with Gasteiger partial charge in [0.2, 0.25) is 0 Å². The lowest BCUT2D eigenvalue weighted by molar-refractivity contribution is 0.0866. The predicted molar refractivity (Wildman–Crippen MR) is 89.2 cm³/mol. The largest absolute Gasteiger partial charge is 0.345 e. The molecule has 2 atom stereocenters. The highest BCUT2D eigenvalue weighted by Crippen LogP contribution is 2.33. The van der Waals surface area contributed by atoms with E-state index in [-0.39, 0.29) is 11.4 Å². The topological polar surface area (TPSA) is 29.1 Å². The zero-order chi connectivity index (χ0) is 15.6. The molecule has 2 unspecified atom stereocenters. The minimum atomic E-state index is -0.236. The van der Waals surface area contributed by atoms with Crippen LogP contribution < -0.4 is 5.32 Å². The molecule has 0 spiro atoms. The molecule has 1 saturated carbocycles. The van der Waals surface area contributed by atoms with Gasteiger partial charge in [0.25, 0.3) is 5.91 Å². The van der Waals surface area contributed by atoms with Gasteiger partial charge in [-0.15, -0.1) is 11.6 Å². The lowest BCUT2D eigenvalue weighted by atomic mass is 9.77. The molecule has 0 bridgehead atoms. The van der Waals surface area contributed by atoms with Gasteiger partial charge < -0.3 is 5.32 Å². The standard InChI is InChI=1S/C18H26ClNO/c1-12-6-5-7-18(10-12,11-19)20-17(21)16-14(3)8-13(2)9-15(16)4/h8-9,12H,5-7,10-11H2,1-4H3,(H,20,21). The van der Waals surface area contributed by atoms with E-state index in [4.69, 9.17) is 11.6 Å². The van der Waals surface area contributed by atoms with E-state index in [0.29, 0.717) is 11.8 Å². The van der Waals surface area contributed by atoms with E-state index in [0.717, 1.165) is 36.0 Å². The predicted octanol–water partition coefficient (Wildman–Crippen LogP) is 4.53. The second kappa shape index (κ2) is 6.39. The number of hydrogen-bond donors (Lipinski definition) is 1. The van der Waals surface area contributed by atoms with Gasteiger partial charge in [-0.3, -0.25) is 4.79 Å². The number of carbonyl (C=O) groups excluding carboxylic acids is 1. The Hall–Kier alpha value is -1.02. The molecular weight excluding hydrogens is 282 g/mol. The van der Waals surface area contributed by atoms with Crippen LogP contribution in [0.15, 0.2) is 12.1 Å². The van der Waals surface area contributed by atoms with Crippen LogP contribution in [0.2, 0.25) is 0 Å². The maximum Gasteiger partial charge on any atom is 0.252 e. The third-order valence-corrected chi connectivity index (χ3v) is 5.14. The maximum atomic E-state index is 12.8. The first-order valence-electron chi connectivity index (χ1n) is 7.83. The number of amides is 1. The van der Waals surface area contributed by atoms with Crippen LogP contribution in [0.5, 0.6) is 0 Å². The van der Waals surface area contributed by atoms with Crippen molar-refractivity contribution in [3.05, 3.63) is 34.4 Å². The molecule has 1 aliphatic carbocycles. The molecule has 0 radical (unpaired) electrons. The fourth-order valence-corrected chi connectivity index (χ4v) is 4.08. The van der Waals surface area contributed by atoms with Crippen molar-refractivity contribution in [3.63, 3.8) is 0 Å². The fourth-order valence-electron chi connectivity index (χ4n) is 3.77. The van der Waals surface area contributed by atoms with E-state index < -0.39 is 0 Å². The molecule has 1 aromatic rings. The maximum absolute atomic E-state index is 12.8. The third kappa shape index (κ3) is 3.60. The van der Waals surface area contributed by atoms with Crippen molar-refractivity contribution in [3.8, 4) is 0 Å². The molecule has 2 nitrogen and oxygen atoms in total. The molecule has 1 amide bonds. The first-order valence-corrected chi connectivity index (χ1v) is 8.37. The summed E-state index contributed by atoms with van der Waals surface area (Å²) >= 11 is 6.22. The van der Waals surface area contributed by atoms with E-state index in [1.807, 2.05) is 13.8 Å². The summed E-state index contributed by atoms with van der Waals surface area (Å²) in [6.07, 6.45) is 4.33. The highest BCUT2D eigenvalue weighted by atomic mass is 35.5. The average molecular weight is 308 g/mol. The Balaban J connectivity index is 2.24. The first kappa shape index (κ1) is 16.4. The summed E-state index contributed by atoms with van der Waals surface area (Å²) in [6.45, 7) is 8.32. The number of rotatable bonds is 3. The Morgan fingerprint density at radius 1 is 1.33 bits per heavy atom. The van der Waals surface area contributed by atoms with Gasteiger partial charge in [0, 0.05) is 11.4 Å². The molecule has 0 heterocycles. The van der Waals surface area contributed by atoms with Crippen LogP contribution >= 0.6 is 11.6 Å². The van der Waals surface area contributed by atoms with E-state index in [1.54, 1.807) is 0 Å². The number of alkyl halides is 1. The average Bonchev–Trinajstić information content (AvgIpc) is 2.37. The molecule has 1 N–H and O–H groups in total. The second-order valence-corrected chi connectivity index (χ2v) is 7.11. The highest BCUT2D eigenvalue weighted by Gasteiger charge is 2.36. The smallest absolute Gasteiger partial charge is 0.252 e. The first-order chi connectivity index (χ1) is 9.87. The van der Waals surface area contributed by atoms with E-state index >= 15 is 0 Å². The molecule has 1 aromatic carbocycles. The van der Waals surface area contributed by atoms with Crippen LogP contribution in [0.1, 0.15) is 59.7 Å². The number of aryl methyl sites for hydroxylation is 3. The van der Waals surface area contributed by atoms with Crippen LogP contribution in [-0.4, -0.2) is 17.3 Å². The summed E-state index contributed by atoms with van der Waals surface area (Å²) < 4.78 is 0. The Labute approximate surface area is 133 Å². The lowest BCUT2D eigenvalue weighted by Crippen LogP contribution is -2.53. The number of nitrogens with one attached hydrogen (secondary N) is 1. The summed E-state index contributed by atoms with van der Waals surface area (Å²) in [6, 6.07) is 4.14. The lowest BCUT2D eigenvalue weighted by Gasteiger charge is -2.39. The molecule has 1 fully saturated rings. The van der Waals surface area contributed by atoms with E-state index in [9.17, 15) is 4.79 Å². The number of hydrogen-bond acceptors (Lipinski definition) is 1. The van der Waals surface area contributed by atoms with E-state index in [2.05, 4.69) is 31.3 Å². The molecular formula is C18H26ClNO. The Bertz CT molecular complexity index is 517. The van der Waals surface area contributed by atoms with Crippen molar-refractivity contribution < 1.29 is 4.79 Å². The van der Waals surface area contributed by atoms with Crippen molar-refractivity contribution in [2.24, 2.45) is 5.92 Å². The highest BCUT2D eigenvalue weighted by molar-refractivity contribution is 6.19. The Morgan fingerprint density at radius 2 is 1.95 bits per heavy atom. The summed E-state index contributed by atoms with van der Waals surface area (Å²) in [4.78, 5) is 12.8. The number of benzene rings is 1. The second-order valence-electron chi connectivity index (χ2n) is 6.84. The van der Waals surface area contributed by atoms with Gasteiger partial charge in [0.1, 0.15) is 0 Å². The molecule has 3 heteroatoms. The monoisotopic (exact) mass is 307 g/mol. The number of carbonyl (C=O) groups is 1. The molecule has 116 valence electrons. The minimum absolute atomic E-state index is 0.0275. The zero-order valence-electron chi connectivity index (χ0n) is 13.6. The van der Waals surface area contributed by atoms with Gasteiger partial charge in [0.05, 0.1) is 5.54 Å². The summed E-state index contributed by atoms with van der Waals surface area (Å²) in [5.74, 6) is 1.14. The zero-order valence-corrected chi connectivity index (χ0v) is 14.3. The van der Waals surface area contributed by atoms with Crippen molar-refractivity contribution >= 4 is 17.5 Å². The SMILES string of the molecule is Cc1cc(C)c(C(=O)NC2(CCl)CCCC(C)C2)c(C)c1. The van der Waals surface area contributed by atoms with Crippen LogP contribution in [0.4, 0.5) is 0 Å². The van der Waals surface area contributed by atoms with Crippen LogP contribution in [0.3, 0.4) is 0 Å².